The standard InChI is InChI=1S/C23H22Cl2N8O2/c1-35-15-5-3-14(4-6-15)19-21(34)33(9-8-28-22(26)27)20-18(31-19)12-30-23(32-20)29-11-13-2-7-16(24)17(25)10-13/h2-7,10,12H,8-9,11H2,1H3,(H4,26,27,28)(H,29,30,32). The van der Waals surface area contributed by atoms with Crippen molar-refractivity contribution in [2.45, 2.75) is 13.1 Å². The van der Waals surface area contributed by atoms with Crippen molar-refractivity contribution in [2.75, 3.05) is 19.0 Å². The summed E-state index contributed by atoms with van der Waals surface area (Å²) in [4.78, 5) is 26.9. The molecule has 0 radical (unpaired) electrons. The van der Waals surface area contributed by atoms with Crippen LogP contribution in [-0.2, 0) is 13.1 Å². The van der Waals surface area contributed by atoms with Gasteiger partial charge in [0.1, 0.15) is 17.0 Å². The quantitative estimate of drug-likeness (QED) is 0.208. The molecule has 4 aromatic rings. The SMILES string of the molecule is COc1ccc(-c2nc3cnc(NCc4ccc(Cl)c(Cl)c4)nc3n(CCNC(=N)N)c2=O)cc1. The highest BCUT2D eigenvalue weighted by Crippen LogP contribution is 2.23. The highest BCUT2D eigenvalue weighted by molar-refractivity contribution is 6.42. The highest BCUT2D eigenvalue weighted by Gasteiger charge is 2.15. The van der Waals surface area contributed by atoms with Crippen LogP contribution >= 0.6 is 23.2 Å². The topological polar surface area (TPSA) is 144 Å². The Bertz CT molecular complexity index is 1440. The Kier molecular flexibility index (Phi) is 7.33. The maximum absolute atomic E-state index is 13.4. The molecule has 180 valence electrons. The Balaban J connectivity index is 1.71. The Labute approximate surface area is 210 Å². The molecular formula is C23H22Cl2N8O2. The number of guanidine groups is 1. The molecule has 10 nitrogen and oxygen atoms in total. The van der Waals surface area contributed by atoms with Crippen LogP contribution in [0.5, 0.6) is 5.75 Å². The molecule has 2 aromatic carbocycles. The van der Waals surface area contributed by atoms with E-state index in [-0.39, 0.29) is 30.3 Å². The Morgan fingerprint density at radius 1 is 1.14 bits per heavy atom. The number of nitrogens with one attached hydrogen (secondary N) is 3. The van der Waals surface area contributed by atoms with E-state index in [1.807, 2.05) is 6.07 Å². The van der Waals surface area contributed by atoms with Crippen molar-refractivity contribution in [3.05, 3.63) is 74.6 Å². The average Bonchev–Trinajstić information content (AvgIpc) is 2.85. The lowest BCUT2D eigenvalue weighted by Gasteiger charge is -2.13. The molecule has 4 rings (SSSR count). The minimum absolute atomic E-state index is 0.189. The second-order valence-electron chi connectivity index (χ2n) is 7.49. The van der Waals surface area contributed by atoms with Gasteiger partial charge >= 0.3 is 0 Å². The fourth-order valence-corrected chi connectivity index (χ4v) is 3.72. The van der Waals surface area contributed by atoms with Gasteiger partial charge in [-0.2, -0.15) is 4.98 Å². The van der Waals surface area contributed by atoms with Crippen molar-refractivity contribution >= 4 is 46.3 Å². The number of benzene rings is 2. The number of hydrogen-bond donors (Lipinski definition) is 4. The van der Waals surface area contributed by atoms with E-state index < -0.39 is 0 Å². The van der Waals surface area contributed by atoms with Gasteiger partial charge in [0.2, 0.25) is 5.95 Å². The molecule has 0 unspecified atom stereocenters. The molecule has 2 aromatic heterocycles. The molecule has 2 heterocycles. The maximum atomic E-state index is 13.4. The van der Waals surface area contributed by atoms with E-state index in [1.165, 1.54) is 4.57 Å². The zero-order valence-corrected chi connectivity index (χ0v) is 20.2. The largest absolute Gasteiger partial charge is 0.497 e. The summed E-state index contributed by atoms with van der Waals surface area (Å²) >= 11 is 12.1. The number of halogens is 2. The van der Waals surface area contributed by atoms with Crippen molar-refractivity contribution in [1.29, 1.82) is 5.41 Å². The van der Waals surface area contributed by atoms with Crippen molar-refractivity contribution in [2.24, 2.45) is 5.73 Å². The van der Waals surface area contributed by atoms with Gasteiger partial charge in [0.25, 0.3) is 5.56 Å². The van der Waals surface area contributed by atoms with Gasteiger partial charge in [-0.15, -0.1) is 0 Å². The lowest BCUT2D eigenvalue weighted by atomic mass is 10.1. The molecule has 0 aliphatic rings. The summed E-state index contributed by atoms with van der Waals surface area (Å²) in [5.41, 5.74) is 7.64. The summed E-state index contributed by atoms with van der Waals surface area (Å²) in [7, 11) is 1.57. The van der Waals surface area contributed by atoms with Crippen LogP contribution in [0.1, 0.15) is 5.56 Å². The third-order valence-corrected chi connectivity index (χ3v) is 5.87. The number of aromatic nitrogens is 4. The number of nitrogens with zero attached hydrogens (tertiary/aromatic N) is 4. The molecular weight excluding hydrogens is 491 g/mol. The predicted molar refractivity (Wildman–Crippen MR) is 137 cm³/mol. The van der Waals surface area contributed by atoms with Gasteiger partial charge < -0.3 is 21.1 Å². The van der Waals surface area contributed by atoms with E-state index in [1.54, 1.807) is 49.7 Å². The van der Waals surface area contributed by atoms with Gasteiger partial charge in [0.05, 0.1) is 23.4 Å². The number of ether oxygens (including phenoxy) is 1. The van der Waals surface area contributed by atoms with Crippen LogP contribution < -0.4 is 26.7 Å². The first-order valence-electron chi connectivity index (χ1n) is 10.5. The molecule has 0 aliphatic carbocycles. The second kappa shape index (κ2) is 10.6. The summed E-state index contributed by atoms with van der Waals surface area (Å²) in [6, 6.07) is 12.4. The van der Waals surface area contributed by atoms with Crippen LogP contribution in [0, 0.1) is 5.41 Å². The first-order valence-corrected chi connectivity index (χ1v) is 11.3. The van der Waals surface area contributed by atoms with Crippen molar-refractivity contribution in [1.82, 2.24) is 24.8 Å². The van der Waals surface area contributed by atoms with E-state index in [9.17, 15) is 4.79 Å². The number of nitrogens with two attached hydrogens (primary N) is 1. The van der Waals surface area contributed by atoms with Gasteiger partial charge in [-0.3, -0.25) is 14.8 Å². The molecule has 0 saturated carbocycles. The smallest absolute Gasteiger partial charge is 0.278 e. The monoisotopic (exact) mass is 512 g/mol. The summed E-state index contributed by atoms with van der Waals surface area (Å²) < 4.78 is 6.69. The Morgan fingerprint density at radius 3 is 2.60 bits per heavy atom. The minimum atomic E-state index is -0.331. The van der Waals surface area contributed by atoms with Crippen LogP contribution in [0.25, 0.3) is 22.4 Å². The van der Waals surface area contributed by atoms with Gasteiger partial charge in [-0.25, -0.2) is 9.97 Å². The van der Waals surface area contributed by atoms with Crippen molar-refractivity contribution in [3.63, 3.8) is 0 Å². The summed E-state index contributed by atoms with van der Waals surface area (Å²) in [5.74, 6) is 0.794. The number of hydrogen-bond acceptors (Lipinski definition) is 7. The zero-order chi connectivity index (χ0) is 24.9. The molecule has 35 heavy (non-hydrogen) atoms. The third kappa shape index (κ3) is 5.61. The third-order valence-electron chi connectivity index (χ3n) is 5.13. The first kappa shape index (κ1) is 24.2. The van der Waals surface area contributed by atoms with Crippen molar-refractivity contribution in [3.8, 4) is 17.0 Å². The number of fused-ring (bicyclic) bond motifs is 1. The number of anilines is 1. The average molecular weight is 513 g/mol. The molecule has 0 atom stereocenters. The summed E-state index contributed by atoms with van der Waals surface area (Å²) in [6.45, 7) is 0.867. The van der Waals surface area contributed by atoms with E-state index in [2.05, 4.69) is 25.6 Å². The minimum Gasteiger partial charge on any atom is -0.497 e. The van der Waals surface area contributed by atoms with Crippen LogP contribution in [0.15, 0.2) is 53.5 Å². The van der Waals surface area contributed by atoms with Gasteiger partial charge in [-0.05, 0) is 42.0 Å². The van der Waals surface area contributed by atoms with Gasteiger partial charge in [0, 0.05) is 25.2 Å². The lowest BCUT2D eigenvalue weighted by molar-refractivity contribution is 0.415. The van der Waals surface area contributed by atoms with Gasteiger partial charge in [-0.1, -0.05) is 29.3 Å². The molecule has 0 fully saturated rings. The van der Waals surface area contributed by atoms with Crippen LogP contribution in [-0.4, -0.2) is 39.1 Å². The maximum Gasteiger partial charge on any atom is 0.278 e. The van der Waals surface area contributed by atoms with E-state index in [4.69, 9.17) is 39.1 Å². The van der Waals surface area contributed by atoms with Crippen LogP contribution in [0.2, 0.25) is 10.0 Å². The number of methoxy groups -OCH3 is 1. The molecule has 0 bridgehead atoms. The summed E-state index contributed by atoms with van der Waals surface area (Å²) in [5, 5.41) is 14.2. The normalized spacial score (nSPS) is 10.8. The summed E-state index contributed by atoms with van der Waals surface area (Å²) in [6.07, 6.45) is 1.56. The molecule has 0 saturated heterocycles. The molecule has 5 N–H and O–H groups in total. The zero-order valence-electron chi connectivity index (χ0n) is 18.7. The fraction of sp³-hybridized carbons (Fsp3) is 0.174. The predicted octanol–water partition coefficient (Wildman–Crippen LogP) is 3.26. The van der Waals surface area contributed by atoms with Crippen molar-refractivity contribution < 1.29 is 4.74 Å². The molecule has 0 amide bonds. The van der Waals surface area contributed by atoms with Crippen LogP contribution in [0.3, 0.4) is 0 Å². The highest BCUT2D eigenvalue weighted by atomic mass is 35.5. The van der Waals surface area contributed by atoms with E-state index >= 15 is 0 Å². The van der Waals surface area contributed by atoms with E-state index in [0.717, 1.165) is 5.56 Å². The lowest BCUT2D eigenvalue weighted by Crippen LogP contribution is -2.35. The molecule has 0 spiro atoms. The second-order valence-corrected chi connectivity index (χ2v) is 8.31. The first-order chi connectivity index (χ1) is 16.9. The van der Waals surface area contributed by atoms with Gasteiger partial charge in [0.15, 0.2) is 11.6 Å². The molecule has 0 aliphatic heterocycles. The van der Waals surface area contributed by atoms with E-state index in [0.29, 0.717) is 45.0 Å². The molecule has 12 heteroatoms. The Morgan fingerprint density at radius 2 is 1.91 bits per heavy atom. The fourth-order valence-electron chi connectivity index (χ4n) is 3.40. The van der Waals surface area contributed by atoms with Crippen LogP contribution in [0.4, 0.5) is 5.95 Å². The number of rotatable bonds is 8. The Hall–Kier alpha value is -3.89.